The van der Waals surface area contributed by atoms with Crippen LogP contribution in [0.4, 0.5) is 0 Å². The molecule has 0 unspecified atom stereocenters. The highest BCUT2D eigenvalue weighted by Gasteiger charge is 2.19. The van der Waals surface area contributed by atoms with Crippen molar-refractivity contribution in [1.82, 2.24) is 5.32 Å². The molecule has 0 aliphatic heterocycles. The third kappa shape index (κ3) is 3.54. The van der Waals surface area contributed by atoms with Crippen molar-refractivity contribution >= 4 is 17.8 Å². The fraction of sp³-hybridized carbons (Fsp3) is 0.154. The van der Waals surface area contributed by atoms with Crippen LogP contribution >= 0.6 is 0 Å². The topological polar surface area (TPSA) is 92.7 Å². The molecule has 0 saturated heterocycles. The first-order valence-electron chi connectivity index (χ1n) is 5.24. The van der Waals surface area contributed by atoms with Gasteiger partial charge in [0.25, 0.3) is 5.91 Å². The van der Waals surface area contributed by atoms with E-state index in [9.17, 15) is 14.4 Å². The number of hydrogen-bond donors (Lipinski definition) is 2. The van der Waals surface area contributed by atoms with Crippen molar-refractivity contribution in [3.05, 3.63) is 48.7 Å². The normalized spacial score (nSPS) is 9.79. The summed E-state index contributed by atoms with van der Waals surface area (Å²) in [4.78, 5) is 34.1. The van der Waals surface area contributed by atoms with Crippen LogP contribution in [0.2, 0.25) is 0 Å². The maximum atomic E-state index is 11.7. The van der Waals surface area contributed by atoms with Crippen molar-refractivity contribution in [3.8, 4) is 0 Å². The summed E-state index contributed by atoms with van der Waals surface area (Å²) in [5.74, 6) is -2.73. The van der Waals surface area contributed by atoms with Crippen molar-refractivity contribution in [2.75, 3.05) is 13.2 Å². The third-order valence-corrected chi connectivity index (χ3v) is 2.21. The Labute approximate surface area is 110 Å². The Balaban J connectivity index is 3.22. The quantitative estimate of drug-likeness (QED) is 0.761. The average Bonchev–Trinajstić information content (AvgIpc) is 2.38. The molecule has 0 fully saturated rings. The number of carbonyl (C=O) groups excluding carboxylic acids is 2. The monoisotopic (exact) mass is 261 g/mol. The van der Waals surface area contributed by atoms with E-state index < -0.39 is 17.8 Å². The Kier molecular flexibility index (Phi) is 5.05. The molecule has 1 amide bonds. The molecule has 1 aromatic rings. The van der Waals surface area contributed by atoms with Crippen molar-refractivity contribution in [2.24, 2.45) is 0 Å². The maximum absolute atomic E-state index is 11.7. The molecule has 0 heterocycles. The standard InChI is InChI=1S/C13H11NO5/c1-3-14-11(15)10-7-8(13(18)19-4-2)5-6-9(10)12(16)17/h1-2,5-7H,3-4H2,(H,14,15)(H,16,17). The Bertz CT molecular complexity index is 510. The molecule has 0 saturated carbocycles. The van der Waals surface area contributed by atoms with Gasteiger partial charge in [-0.15, -0.1) is 0 Å². The first-order chi connectivity index (χ1) is 9.01. The van der Waals surface area contributed by atoms with Gasteiger partial charge in [-0.3, -0.25) is 4.79 Å². The van der Waals surface area contributed by atoms with Gasteiger partial charge in [-0.1, -0.05) is 0 Å². The van der Waals surface area contributed by atoms with Crippen LogP contribution in [0.25, 0.3) is 0 Å². The second kappa shape index (κ2) is 6.53. The number of rotatable bonds is 5. The molecule has 0 spiro atoms. The smallest absolute Gasteiger partial charge is 0.338 e. The fourth-order valence-electron chi connectivity index (χ4n) is 1.39. The van der Waals surface area contributed by atoms with Crippen molar-refractivity contribution in [1.29, 1.82) is 0 Å². The molecule has 0 aliphatic carbocycles. The lowest BCUT2D eigenvalue weighted by Gasteiger charge is -2.08. The van der Waals surface area contributed by atoms with E-state index in [1.54, 1.807) is 0 Å². The van der Waals surface area contributed by atoms with Gasteiger partial charge in [0.1, 0.15) is 0 Å². The number of carboxylic acid groups (broad SMARTS) is 1. The number of hydrogen-bond acceptors (Lipinski definition) is 4. The molecular weight excluding hydrogens is 250 g/mol. The molecule has 6 heteroatoms. The number of benzene rings is 1. The Morgan fingerprint density at radius 3 is 2.42 bits per heavy atom. The van der Waals surface area contributed by atoms with E-state index in [0.29, 0.717) is 0 Å². The molecular formula is C13H11NO5. The minimum atomic E-state index is -1.29. The van der Waals surface area contributed by atoms with Gasteiger partial charge in [0.2, 0.25) is 0 Å². The second-order valence-corrected chi connectivity index (χ2v) is 3.37. The number of ether oxygens (including phenoxy) is 1. The highest BCUT2D eigenvalue weighted by Crippen LogP contribution is 2.13. The molecule has 98 valence electrons. The lowest BCUT2D eigenvalue weighted by Crippen LogP contribution is -2.25. The highest BCUT2D eigenvalue weighted by atomic mass is 16.5. The molecule has 0 bridgehead atoms. The highest BCUT2D eigenvalue weighted by molar-refractivity contribution is 6.06. The van der Waals surface area contributed by atoms with Crippen molar-refractivity contribution in [2.45, 2.75) is 0 Å². The second-order valence-electron chi connectivity index (χ2n) is 3.37. The summed E-state index contributed by atoms with van der Waals surface area (Å²) in [5, 5.41) is 11.2. The van der Waals surface area contributed by atoms with Gasteiger partial charge < -0.3 is 15.2 Å². The van der Waals surface area contributed by atoms with Gasteiger partial charge in [-0.25, -0.2) is 9.59 Å². The molecule has 1 aromatic carbocycles. The summed E-state index contributed by atoms with van der Waals surface area (Å²) >= 11 is 0. The predicted octanol–water partition coefficient (Wildman–Crippen LogP) is 0.694. The number of carboxylic acids is 1. The predicted molar refractivity (Wildman–Crippen MR) is 64.6 cm³/mol. The lowest BCUT2D eigenvalue weighted by molar-refractivity contribution is 0.0546. The summed E-state index contributed by atoms with van der Waals surface area (Å²) < 4.78 is 4.56. The number of amides is 1. The van der Waals surface area contributed by atoms with E-state index in [1.165, 1.54) is 6.07 Å². The van der Waals surface area contributed by atoms with Gasteiger partial charge >= 0.3 is 11.9 Å². The Morgan fingerprint density at radius 1 is 1.21 bits per heavy atom. The molecule has 0 atom stereocenters. The van der Waals surface area contributed by atoms with Crippen LogP contribution in [-0.2, 0) is 4.74 Å². The molecule has 6 nitrogen and oxygen atoms in total. The minimum absolute atomic E-state index is 0.0256. The van der Waals surface area contributed by atoms with Gasteiger partial charge in [0, 0.05) is 13.5 Å². The average molecular weight is 261 g/mol. The SMILES string of the molecule is [CH]CNC(=O)c1cc(C(=O)OC[CH])ccc1C(=O)O. The van der Waals surface area contributed by atoms with Crippen LogP contribution in [0.15, 0.2) is 18.2 Å². The van der Waals surface area contributed by atoms with E-state index in [-0.39, 0.29) is 29.8 Å². The lowest BCUT2D eigenvalue weighted by atomic mass is 10.0. The number of carbonyl (C=O) groups is 3. The molecule has 0 aromatic heterocycles. The van der Waals surface area contributed by atoms with Crippen LogP contribution in [0.5, 0.6) is 0 Å². The molecule has 4 radical (unpaired) electrons. The number of aromatic carboxylic acids is 1. The van der Waals surface area contributed by atoms with Crippen LogP contribution in [0.3, 0.4) is 0 Å². The van der Waals surface area contributed by atoms with E-state index in [2.05, 4.69) is 10.1 Å². The summed E-state index contributed by atoms with van der Waals surface area (Å²) in [5.41, 5.74) is -0.391. The zero-order valence-electron chi connectivity index (χ0n) is 9.88. The summed E-state index contributed by atoms with van der Waals surface area (Å²) in [7, 11) is 0. The van der Waals surface area contributed by atoms with E-state index >= 15 is 0 Å². The van der Waals surface area contributed by atoms with Crippen LogP contribution < -0.4 is 5.32 Å². The van der Waals surface area contributed by atoms with Gasteiger partial charge in [-0.2, -0.15) is 0 Å². The summed E-state index contributed by atoms with van der Waals surface area (Å²) in [6.45, 7) is 9.74. The fourth-order valence-corrected chi connectivity index (χ4v) is 1.39. The summed E-state index contributed by atoms with van der Waals surface area (Å²) in [6, 6.07) is 3.49. The number of esters is 1. The molecule has 19 heavy (non-hydrogen) atoms. The number of nitrogens with one attached hydrogen (secondary N) is 1. The third-order valence-electron chi connectivity index (χ3n) is 2.21. The summed E-state index contributed by atoms with van der Waals surface area (Å²) in [6.07, 6.45) is 0. The van der Waals surface area contributed by atoms with Gasteiger partial charge in [-0.05, 0) is 25.1 Å². The Hall–Kier alpha value is -2.37. The molecule has 1 rings (SSSR count). The first kappa shape index (κ1) is 14.7. The molecule has 0 aliphatic rings. The zero-order chi connectivity index (χ0) is 14.4. The first-order valence-corrected chi connectivity index (χ1v) is 5.24. The van der Waals surface area contributed by atoms with E-state index in [4.69, 9.17) is 19.0 Å². The van der Waals surface area contributed by atoms with E-state index in [0.717, 1.165) is 12.1 Å². The molecule has 2 N–H and O–H groups in total. The largest absolute Gasteiger partial charge is 0.478 e. The van der Waals surface area contributed by atoms with E-state index in [1.807, 2.05) is 0 Å². The maximum Gasteiger partial charge on any atom is 0.338 e. The van der Waals surface area contributed by atoms with Gasteiger partial charge in [0.05, 0.1) is 23.3 Å². The van der Waals surface area contributed by atoms with Crippen LogP contribution in [-0.4, -0.2) is 36.1 Å². The Morgan fingerprint density at radius 2 is 1.89 bits per heavy atom. The van der Waals surface area contributed by atoms with Crippen LogP contribution in [0, 0.1) is 13.8 Å². The van der Waals surface area contributed by atoms with Gasteiger partial charge in [0.15, 0.2) is 0 Å². The minimum Gasteiger partial charge on any atom is -0.478 e. The zero-order valence-corrected chi connectivity index (χ0v) is 9.88. The van der Waals surface area contributed by atoms with Crippen molar-refractivity contribution in [3.63, 3.8) is 0 Å². The van der Waals surface area contributed by atoms with Crippen molar-refractivity contribution < 1.29 is 24.2 Å². The van der Waals surface area contributed by atoms with Crippen LogP contribution in [0.1, 0.15) is 31.1 Å².